The summed E-state index contributed by atoms with van der Waals surface area (Å²) in [5, 5.41) is 29.2. The number of carbonyl (C=O) groups excluding carboxylic acids is 1. The Morgan fingerprint density at radius 1 is 1.15 bits per heavy atom. The average Bonchev–Trinajstić information content (AvgIpc) is 3.61. The first-order valence-corrected chi connectivity index (χ1v) is 12.7. The van der Waals surface area contributed by atoms with Crippen molar-refractivity contribution in [3.05, 3.63) is 66.1 Å². The van der Waals surface area contributed by atoms with Crippen LogP contribution in [0.1, 0.15) is 42.6 Å². The number of fused-ring (bicyclic) bond motifs is 1. The molecule has 1 fully saturated rings. The number of nitriles is 1. The lowest BCUT2D eigenvalue weighted by Crippen LogP contribution is -2.42. The van der Waals surface area contributed by atoms with Gasteiger partial charge in [0.1, 0.15) is 18.1 Å². The molecule has 10 nitrogen and oxygen atoms in total. The number of aromatic nitrogens is 4. The number of carbonyl (C=O) groups is 1. The quantitative estimate of drug-likeness (QED) is 0.314. The predicted octanol–water partition coefficient (Wildman–Crippen LogP) is 3.85. The highest BCUT2D eigenvalue weighted by atomic mass is 19.1. The van der Waals surface area contributed by atoms with Gasteiger partial charge in [0, 0.05) is 19.3 Å². The molecule has 4 aromatic heterocycles. The lowest BCUT2D eigenvalue weighted by atomic mass is 10.0. The van der Waals surface area contributed by atoms with E-state index in [0.717, 1.165) is 37.3 Å². The summed E-state index contributed by atoms with van der Waals surface area (Å²) >= 11 is 0. The maximum Gasteiger partial charge on any atom is 0.255 e. The lowest BCUT2D eigenvalue weighted by molar-refractivity contribution is -0.00177. The van der Waals surface area contributed by atoms with Gasteiger partial charge in [-0.2, -0.15) is 10.4 Å². The van der Waals surface area contributed by atoms with Crippen molar-refractivity contribution in [2.24, 2.45) is 0 Å². The molecule has 5 rings (SSSR count). The molecule has 0 saturated carbocycles. The van der Waals surface area contributed by atoms with E-state index >= 15 is 0 Å². The summed E-state index contributed by atoms with van der Waals surface area (Å²) in [6, 6.07) is 13.0. The molecule has 1 amide bonds. The number of hydrogen-bond donors (Lipinski definition) is 3. The smallest absolute Gasteiger partial charge is 0.255 e. The van der Waals surface area contributed by atoms with E-state index in [1.54, 1.807) is 22.8 Å². The van der Waals surface area contributed by atoms with Crippen molar-refractivity contribution in [3.63, 3.8) is 0 Å². The molecular weight excluding hydrogens is 499 g/mol. The van der Waals surface area contributed by atoms with Gasteiger partial charge in [-0.1, -0.05) is 0 Å². The number of alkyl halides is 1. The summed E-state index contributed by atoms with van der Waals surface area (Å²) < 4.78 is 16.0. The third-order valence-corrected chi connectivity index (χ3v) is 6.71. The zero-order valence-electron chi connectivity index (χ0n) is 21.7. The maximum atomic E-state index is 14.3. The van der Waals surface area contributed by atoms with E-state index in [2.05, 4.69) is 36.7 Å². The first kappa shape index (κ1) is 26.1. The molecule has 0 aliphatic carbocycles. The van der Waals surface area contributed by atoms with Gasteiger partial charge in [-0.15, -0.1) is 0 Å². The fourth-order valence-corrected chi connectivity index (χ4v) is 4.41. The highest BCUT2D eigenvalue weighted by Gasteiger charge is 2.27. The summed E-state index contributed by atoms with van der Waals surface area (Å²) in [7, 11) is 0. The standard InChI is InChI=1S/C28H29FN8O2/c1-28(2,39)25(29)17-33-27(38)21-16-31-23(24-7-6-20-11-18(13-30)14-34-37(20)24)12-22(21)35-19-5-8-26(32-15-19)36-9-3-4-10-36/h5-8,11-12,14-16,25,39H,3-4,9-10,17H2,1-2H3,(H,31,35)(H,33,38). The first-order valence-electron chi connectivity index (χ1n) is 12.7. The van der Waals surface area contributed by atoms with Crippen LogP contribution in [0, 0.1) is 11.3 Å². The molecule has 0 aromatic carbocycles. The van der Waals surface area contributed by atoms with Crippen LogP contribution < -0.4 is 15.5 Å². The Hall–Kier alpha value is -4.56. The van der Waals surface area contributed by atoms with E-state index in [1.165, 1.54) is 26.2 Å². The van der Waals surface area contributed by atoms with Crippen molar-refractivity contribution in [3.8, 4) is 17.5 Å². The van der Waals surface area contributed by atoms with Gasteiger partial charge in [0.15, 0.2) is 0 Å². The third-order valence-electron chi connectivity index (χ3n) is 6.71. The second-order valence-corrected chi connectivity index (χ2v) is 10.1. The Morgan fingerprint density at radius 3 is 2.64 bits per heavy atom. The number of nitrogens with one attached hydrogen (secondary N) is 2. The molecule has 0 bridgehead atoms. The number of amides is 1. The van der Waals surface area contributed by atoms with Gasteiger partial charge < -0.3 is 20.6 Å². The van der Waals surface area contributed by atoms with Crippen molar-refractivity contribution in [2.75, 3.05) is 29.9 Å². The minimum atomic E-state index is -1.65. The normalized spacial score (nSPS) is 14.3. The predicted molar refractivity (Wildman–Crippen MR) is 146 cm³/mol. The SMILES string of the molecule is CC(C)(O)C(F)CNC(=O)c1cnc(-c2ccc3cc(C#N)cnn23)cc1Nc1ccc(N2CCCC2)nc1. The molecular formula is C28H29FN8O2. The monoisotopic (exact) mass is 528 g/mol. The zero-order valence-corrected chi connectivity index (χ0v) is 21.7. The summed E-state index contributed by atoms with van der Waals surface area (Å²) in [6.07, 6.45) is 5.24. The molecule has 3 N–H and O–H groups in total. The zero-order chi connectivity index (χ0) is 27.6. The van der Waals surface area contributed by atoms with Crippen molar-refractivity contribution >= 4 is 28.6 Å². The summed E-state index contributed by atoms with van der Waals surface area (Å²) in [5.74, 6) is 0.358. The van der Waals surface area contributed by atoms with Gasteiger partial charge in [0.2, 0.25) is 0 Å². The van der Waals surface area contributed by atoms with Crippen LogP contribution in [-0.2, 0) is 0 Å². The molecule has 1 atom stereocenters. The van der Waals surface area contributed by atoms with E-state index in [9.17, 15) is 19.6 Å². The molecule has 5 heterocycles. The van der Waals surface area contributed by atoms with Crippen LogP contribution in [0.15, 0.2) is 55.0 Å². The van der Waals surface area contributed by atoms with Gasteiger partial charge in [-0.25, -0.2) is 13.9 Å². The second-order valence-electron chi connectivity index (χ2n) is 10.1. The van der Waals surface area contributed by atoms with Crippen LogP contribution in [0.25, 0.3) is 16.9 Å². The van der Waals surface area contributed by atoms with Gasteiger partial charge in [0.25, 0.3) is 5.91 Å². The number of rotatable bonds is 8. The number of pyridine rings is 2. The van der Waals surface area contributed by atoms with Crippen molar-refractivity contribution in [1.82, 2.24) is 24.9 Å². The first-order chi connectivity index (χ1) is 18.7. The van der Waals surface area contributed by atoms with Crippen molar-refractivity contribution in [2.45, 2.75) is 38.5 Å². The second kappa shape index (κ2) is 10.7. The number of halogens is 1. The summed E-state index contributed by atoms with van der Waals surface area (Å²) in [6.45, 7) is 4.30. The van der Waals surface area contributed by atoms with Gasteiger partial charge >= 0.3 is 0 Å². The highest BCUT2D eigenvalue weighted by molar-refractivity contribution is 6.00. The van der Waals surface area contributed by atoms with E-state index in [-0.39, 0.29) is 12.1 Å². The lowest BCUT2D eigenvalue weighted by Gasteiger charge is -2.22. The van der Waals surface area contributed by atoms with Crippen LogP contribution in [0.5, 0.6) is 0 Å². The largest absolute Gasteiger partial charge is 0.387 e. The van der Waals surface area contributed by atoms with E-state index in [1.807, 2.05) is 24.3 Å². The van der Waals surface area contributed by atoms with Crippen LogP contribution >= 0.6 is 0 Å². The van der Waals surface area contributed by atoms with Gasteiger partial charge in [0.05, 0.1) is 63.9 Å². The highest BCUT2D eigenvalue weighted by Crippen LogP contribution is 2.28. The number of anilines is 3. The number of hydrogen-bond acceptors (Lipinski definition) is 8. The van der Waals surface area contributed by atoms with Crippen LogP contribution in [0.2, 0.25) is 0 Å². The van der Waals surface area contributed by atoms with E-state index in [0.29, 0.717) is 28.3 Å². The molecule has 1 aliphatic rings. The molecule has 1 saturated heterocycles. The van der Waals surface area contributed by atoms with Crippen LogP contribution in [-0.4, -0.2) is 62.0 Å². The molecule has 11 heteroatoms. The molecule has 0 spiro atoms. The third kappa shape index (κ3) is 5.66. The number of aliphatic hydroxyl groups is 1. The molecule has 1 unspecified atom stereocenters. The summed E-state index contributed by atoms with van der Waals surface area (Å²) in [5.41, 5.74) is 2.09. The average molecular weight is 529 g/mol. The number of nitrogens with zero attached hydrogens (tertiary/aromatic N) is 6. The van der Waals surface area contributed by atoms with Crippen molar-refractivity contribution < 1.29 is 14.3 Å². The Morgan fingerprint density at radius 2 is 1.95 bits per heavy atom. The Balaban J connectivity index is 1.47. The van der Waals surface area contributed by atoms with Crippen LogP contribution in [0.3, 0.4) is 0 Å². The van der Waals surface area contributed by atoms with E-state index in [4.69, 9.17) is 0 Å². The Kier molecular flexibility index (Phi) is 7.13. The van der Waals surface area contributed by atoms with Crippen molar-refractivity contribution in [1.29, 1.82) is 5.26 Å². The maximum absolute atomic E-state index is 14.3. The molecule has 39 heavy (non-hydrogen) atoms. The van der Waals surface area contributed by atoms with Gasteiger partial charge in [-0.3, -0.25) is 9.78 Å². The minimum absolute atomic E-state index is 0.200. The minimum Gasteiger partial charge on any atom is -0.387 e. The Labute approximate surface area is 225 Å². The molecule has 0 radical (unpaired) electrons. The summed E-state index contributed by atoms with van der Waals surface area (Å²) in [4.78, 5) is 24.4. The molecule has 200 valence electrons. The fraction of sp³-hybridized carbons (Fsp3) is 0.321. The topological polar surface area (TPSA) is 131 Å². The van der Waals surface area contributed by atoms with E-state index < -0.39 is 17.7 Å². The Bertz CT molecular complexity index is 1530. The van der Waals surface area contributed by atoms with Crippen LogP contribution in [0.4, 0.5) is 21.6 Å². The molecule has 4 aromatic rings. The molecule has 1 aliphatic heterocycles. The fourth-order valence-electron chi connectivity index (χ4n) is 4.41. The van der Waals surface area contributed by atoms with Gasteiger partial charge in [-0.05, 0) is 63.1 Å².